The van der Waals surface area contributed by atoms with Gasteiger partial charge in [-0.25, -0.2) is 14.8 Å². The van der Waals surface area contributed by atoms with Crippen LogP contribution < -0.4 is 11.1 Å². The Balaban J connectivity index is 1.36. The first kappa shape index (κ1) is 21.7. The summed E-state index contributed by atoms with van der Waals surface area (Å²) in [5.41, 5.74) is 8.36. The SMILES string of the molecule is CCOC(=O)N1CCC(NC2=NCC(c3cc(-c4ccccc4Cl)nc(N)n3)S2)CC1. The number of halogens is 1. The molecule has 164 valence electrons. The van der Waals surface area contributed by atoms with E-state index in [0.717, 1.165) is 29.3 Å². The van der Waals surface area contributed by atoms with Crippen LogP contribution >= 0.6 is 23.4 Å². The molecule has 0 spiro atoms. The Bertz CT molecular complexity index is 980. The quantitative estimate of drug-likeness (QED) is 0.715. The van der Waals surface area contributed by atoms with Crippen molar-refractivity contribution in [3.63, 3.8) is 0 Å². The third-order valence-corrected chi connectivity index (χ3v) is 6.72. The molecule has 1 fully saturated rings. The van der Waals surface area contributed by atoms with Crippen molar-refractivity contribution < 1.29 is 9.53 Å². The van der Waals surface area contributed by atoms with E-state index in [4.69, 9.17) is 22.1 Å². The Morgan fingerprint density at radius 1 is 1.32 bits per heavy atom. The van der Waals surface area contributed by atoms with E-state index in [9.17, 15) is 4.79 Å². The minimum Gasteiger partial charge on any atom is -0.450 e. The minimum atomic E-state index is -0.232. The first-order chi connectivity index (χ1) is 15.0. The second-order valence-corrected chi connectivity index (χ2v) is 8.97. The van der Waals surface area contributed by atoms with E-state index in [1.54, 1.807) is 16.7 Å². The number of anilines is 1. The summed E-state index contributed by atoms with van der Waals surface area (Å²) < 4.78 is 5.08. The number of thioether (sulfide) groups is 1. The molecule has 31 heavy (non-hydrogen) atoms. The Hall–Kier alpha value is -2.52. The van der Waals surface area contributed by atoms with Gasteiger partial charge in [0.05, 0.1) is 29.8 Å². The summed E-state index contributed by atoms with van der Waals surface area (Å²) in [5.74, 6) is 0.223. The fourth-order valence-electron chi connectivity index (χ4n) is 3.66. The van der Waals surface area contributed by atoms with Crippen LogP contribution in [-0.4, -0.2) is 58.4 Å². The lowest BCUT2D eigenvalue weighted by molar-refractivity contribution is 0.0964. The number of aromatic nitrogens is 2. The van der Waals surface area contributed by atoms with E-state index in [1.807, 2.05) is 37.3 Å². The molecule has 8 nitrogen and oxygen atoms in total. The summed E-state index contributed by atoms with van der Waals surface area (Å²) in [6, 6.07) is 9.77. The van der Waals surface area contributed by atoms with Gasteiger partial charge in [0.2, 0.25) is 5.95 Å². The molecule has 1 atom stereocenters. The van der Waals surface area contributed by atoms with E-state index in [1.165, 1.54) is 0 Å². The number of rotatable bonds is 4. The van der Waals surface area contributed by atoms with Crippen LogP contribution in [0.2, 0.25) is 5.02 Å². The van der Waals surface area contributed by atoms with Crippen molar-refractivity contribution in [2.75, 3.05) is 32.0 Å². The highest BCUT2D eigenvalue weighted by Gasteiger charge is 2.28. The second-order valence-electron chi connectivity index (χ2n) is 7.37. The molecule has 1 saturated heterocycles. The lowest BCUT2D eigenvalue weighted by atomic mass is 10.1. The van der Waals surface area contributed by atoms with Crippen molar-refractivity contribution in [1.29, 1.82) is 0 Å². The van der Waals surface area contributed by atoms with Gasteiger partial charge in [0.25, 0.3) is 0 Å². The number of nitrogens with two attached hydrogens (primary N) is 1. The third-order valence-electron chi connectivity index (χ3n) is 5.25. The summed E-state index contributed by atoms with van der Waals surface area (Å²) in [7, 11) is 0. The number of carbonyl (C=O) groups excluding carboxylic acids is 1. The average molecular weight is 461 g/mol. The molecule has 2 aliphatic rings. The van der Waals surface area contributed by atoms with Gasteiger partial charge >= 0.3 is 6.09 Å². The molecular weight excluding hydrogens is 436 g/mol. The molecule has 4 rings (SSSR count). The van der Waals surface area contributed by atoms with Crippen LogP contribution in [-0.2, 0) is 4.74 Å². The molecule has 3 N–H and O–H groups in total. The van der Waals surface area contributed by atoms with Gasteiger partial charge in [0.15, 0.2) is 5.17 Å². The topological polar surface area (TPSA) is 106 Å². The number of nitrogens with one attached hydrogen (secondary N) is 1. The van der Waals surface area contributed by atoms with Gasteiger partial charge in [0.1, 0.15) is 0 Å². The van der Waals surface area contributed by atoms with Gasteiger partial charge in [-0.3, -0.25) is 4.99 Å². The molecule has 1 aromatic carbocycles. The summed E-state index contributed by atoms with van der Waals surface area (Å²) in [5, 5.41) is 5.10. The zero-order chi connectivity index (χ0) is 21.8. The van der Waals surface area contributed by atoms with Gasteiger partial charge in [-0.05, 0) is 31.9 Å². The fraction of sp³-hybridized carbons (Fsp3) is 0.429. The fourth-order valence-corrected chi connectivity index (χ4v) is 4.94. The molecule has 2 aromatic rings. The number of aliphatic imine (C=N–C) groups is 1. The summed E-state index contributed by atoms with van der Waals surface area (Å²) in [6.07, 6.45) is 1.49. The standard InChI is InChI=1S/C21H25ClN6O2S/c1-2-30-21(29)28-9-7-13(8-10-28)25-20-24-12-18(31-20)17-11-16(26-19(23)27-17)14-5-3-4-6-15(14)22/h3-6,11,13,18H,2,7-10,12H2,1H3,(H,24,25)(H2,23,26,27). The maximum atomic E-state index is 11.9. The molecule has 0 radical (unpaired) electrons. The number of amides is 1. The number of piperidine rings is 1. The van der Waals surface area contributed by atoms with Crippen molar-refractivity contribution in [3.8, 4) is 11.3 Å². The molecule has 0 aliphatic carbocycles. The van der Waals surface area contributed by atoms with Gasteiger partial charge in [0, 0.05) is 29.7 Å². The molecular formula is C21H25ClN6O2S. The normalized spacial score (nSPS) is 19.2. The molecule has 3 heterocycles. The van der Waals surface area contributed by atoms with Crippen LogP contribution in [0.5, 0.6) is 0 Å². The number of hydrogen-bond donors (Lipinski definition) is 2. The molecule has 2 aliphatic heterocycles. The highest BCUT2D eigenvalue weighted by atomic mass is 35.5. The number of ether oxygens (including phenoxy) is 1. The Morgan fingerprint density at radius 3 is 2.84 bits per heavy atom. The van der Waals surface area contributed by atoms with Crippen molar-refractivity contribution >= 4 is 40.6 Å². The van der Waals surface area contributed by atoms with Crippen LogP contribution in [0, 0.1) is 0 Å². The first-order valence-electron chi connectivity index (χ1n) is 10.3. The predicted molar refractivity (Wildman–Crippen MR) is 124 cm³/mol. The average Bonchev–Trinajstić information content (AvgIpc) is 3.23. The van der Waals surface area contributed by atoms with Crippen LogP contribution in [0.3, 0.4) is 0 Å². The largest absolute Gasteiger partial charge is 0.450 e. The maximum absolute atomic E-state index is 11.9. The summed E-state index contributed by atoms with van der Waals surface area (Å²) in [4.78, 5) is 27.1. The van der Waals surface area contributed by atoms with E-state index in [-0.39, 0.29) is 23.3 Å². The summed E-state index contributed by atoms with van der Waals surface area (Å²) >= 11 is 7.97. The summed E-state index contributed by atoms with van der Waals surface area (Å²) in [6.45, 7) is 4.20. The van der Waals surface area contributed by atoms with Crippen LogP contribution in [0.25, 0.3) is 11.3 Å². The highest BCUT2D eigenvalue weighted by Crippen LogP contribution is 2.36. The molecule has 0 saturated carbocycles. The smallest absolute Gasteiger partial charge is 0.409 e. The van der Waals surface area contributed by atoms with Gasteiger partial charge in [-0.1, -0.05) is 41.6 Å². The van der Waals surface area contributed by atoms with Gasteiger partial charge in [-0.15, -0.1) is 0 Å². The Labute approximate surface area is 190 Å². The van der Waals surface area contributed by atoms with E-state index < -0.39 is 0 Å². The highest BCUT2D eigenvalue weighted by molar-refractivity contribution is 8.14. The first-order valence-corrected chi connectivity index (χ1v) is 11.6. The van der Waals surface area contributed by atoms with Crippen molar-refractivity contribution in [2.45, 2.75) is 31.1 Å². The number of likely N-dealkylation sites (tertiary alicyclic amines) is 1. The Kier molecular flexibility index (Phi) is 6.82. The van der Waals surface area contributed by atoms with Crippen molar-refractivity contribution in [3.05, 3.63) is 41.0 Å². The maximum Gasteiger partial charge on any atom is 0.409 e. The molecule has 1 unspecified atom stereocenters. The number of benzene rings is 1. The minimum absolute atomic E-state index is 0.0636. The number of nitrogens with zero attached hydrogens (tertiary/aromatic N) is 4. The van der Waals surface area contributed by atoms with Crippen LogP contribution in [0.1, 0.15) is 30.7 Å². The Morgan fingerprint density at radius 2 is 2.10 bits per heavy atom. The lowest BCUT2D eigenvalue weighted by Crippen LogP contribution is -2.46. The number of amidine groups is 1. The monoisotopic (exact) mass is 460 g/mol. The van der Waals surface area contributed by atoms with Gasteiger partial charge in [-0.2, -0.15) is 0 Å². The van der Waals surface area contributed by atoms with E-state index in [2.05, 4.69) is 20.3 Å². The lowest BCUT2D eigenvalue weighted by Gasteiger charge is -2.31. The number of nitrogen functional groups attached to an aromatic ring is 1. The predicted octanol–water partition coefficient (Wildman–Crippen LogP) is 3.73. The third kappa shape index (κ3) is 5.22. The van der Waals surface area contributed by atoms with E-state index in [0.29, 0.717) is 37.0 Å². The zero-order valence-electron chi connectivity index (χ0n) is 17.3. The molecule has 10 heteroatoms. The van der Waals surface area contributed by atoms with Crippen LogP contribution in [0.4, 0.5) is 10.7 Å². The van der Waals surface area contributed by atoms with Gasteiger partial charge < -0.3 is 20.7 Å². The van der Waals surface area contributed by atoms with E-state index >= 15 is 0 Å². The number of carbonyl (C=O) groups is 1. The second kappa shape index (κ2) is 9.74. The van der Waals surface area contributed by atoms with Crippen molar-refractivity contribution in [1.82, 2.24) is 20.2 Å². The molecule has 1 aromatic heterocycles. The molecule has 1 amide bonds. The number of hydrogen-bond acceptors (Lipinski definition) is 8. The zero-order valence-corrected chi connectivity index (χ0v) is 18.8. The molecule has 0 bridgehead atoms. The van der Waals surface area contributed by atoms with Crippen LogP contribution in [0.15, 0.2) is 35.3 Å². The van der Waals surface area contributed by atoms with Crippen molar-refractivity contribution in [2.24, 2.45) is 4.99 Å².